The van der Waals surface area contributed by atoms with E-state index in [0.29, 0.717) is 14.6 Å². The number of carboxylic acids is 1. The Morgan fingerprint density at radius 2 is 2.53 bits per heavy atom. The molecule has 0 radical (unpaired) electrons. The van der Waals surface area contributed by atoms with Gasteiger partial charge < -0.3 is 5.11 Å². The minimum absolute atomic E-state index is 0.211. The van der Waals surface area contributed by atoms with E-state index in [9.17, 15) is 4.79 Å². The lowest BCUT2D eigenvalue weighted by molar-refractivity contribution is -0.137. The number of aromatic nitrogens is 2. The third-order valence-electron chi connectivity index (χ3n) is 1.79. The van der Waals surface area contributed by atoms with Crippen LogP contribution in [-0.2, 0) is 11.3 Å². The van der Waals surface area contributed by atoms with E-state index in [1.54, 1.807) is 6.07 Å². The first-order valence-corrected chi connectivity index (χ1v) is 5.09. The van der Waals surface area contributed by atoms with Gasteiger partial charge >= 0.3 is 5.97 Å². The summed E-state index contributed by atoms with van der Waals surface area (Å²) in [4.78, 5) is 10.5. The molecular formula is C8H4ClN3O2S. The summed E-state index contributed by atoms with van der Waals surface area (Å²) in [5.74, 6) is -1.01. The summed E-state index contributed by atoms with van der Waals surface area (Å²) in [7, 11) is 0. The molecule has 0 spiro atoms. The Kier molecular flexibility index (Phi) is 2.34. The van der Waals surface area contributed by atoms with Crippen molar-refractivity contribution in [2.24, 2.45) is 0 Å². The number of thiophene rings is 1. The maximum Gasteiger partial charge on any atom is 0.325 e. The van der Waals surface area contributed by atoms with E-state index < -0.39 is 5.97 Å². The molecule has 2 rings (SSSR count). The number of carbonyl (C=O) groups is 1. The van der Waals surface area contributed by atoms with Gasteiger partial charge in [0.2, 0.25) is 0 Å². The Labute approximate surface area is 93.1 Å². The van der Waals surface area contributed by atoms with Crippen LogP contribution in [0.3, 0.4) is 0 Å². The monoisotopic (exact) mass is 241 g/mol. The molecule has 2 heterocycles. The zero-order valence-corrected chi connectivity index (χ0v) is 8.84. The van der Waals surface area contributed by atoms with Gasteiger partial charge in [-0.3, -0.25) is 9.48 Å². The lowest BCUT2D eigenvalue weighted by Crippen LogP contribution is -2.09. The van der Waals surface area contributed by atoms with Gasteiger partial charge in [0.25, 0.3) is 0 Å². The molecule has 0 aliphatic heterocycles. The molecule has 0 aliphatic rings. The number of halogens is 1. The number of hydrogen-bond acceptors (Lipinski definition) is 4. The van der Waals surface area contributed by atoms with Crippen LogP contribution < -0.4 is 0 Å². The molecule has 0 atom stereocenters. The van der Waals surface area contributed by atoms with Crippen molar-refractivity contribution in [3.8, 4) is 6.07 Å². The fourth-order valence-corrected chi connectivity index (χ4v) is 2.41. The van der Waals surface area contributed by atoms with Crippen LogP contribution in [0, 0.1) is 11.3 Å². The first kappa shape index (κ1) is 9.96. The maximum absolute atomic E-state index is 10.5. The van der Waals surface area contributed by atoms with Gasteiger partial charge in [0.1, 0.15) is 12.6 Å². The second-order valence-electron chi connectivity index (χ2n) is 2.78. The number of nitrogens with zero attached hydrogens (tertiary/aromatic N) is 3. The molecule has 15 heavy (non-hydrogen) atoms. The van der Waals surface area contributed by atoms with Crippen LogP contribution in [0.1, 0.15) is 5.69 Å². The van der Waals surface area contributed by atoms with Gasteiger partial charge in [-0.1, -0.05) is 11.6 Å². The molecular weight excluding hydrogens is 238 g/mol. The van der Waals surface area contributed by atoms with Crippen molar-refractivity contribution < 1.29 is 9.90 Å². The van der Waals surface area contributed by atoms with Crippen molar-refractivity contribution in [2.75, 3.05) is 0 Å². The zero-order valence-electron chi connectivity index (χ0n) is 7.27. The van der Waals surface area contributed by atoms with E-state index in [-0.39, 0.29) is 12.2 Å². The molecule has 1 N–H and O–H groups in total. The summed E-state index contributed by atoms with van der Waals surface area (Å²) >= 11 is 7.00. The topological polar surface area (TPSA) is 78.9 Å². The Balaban J connectivity index is 2.64. The SMILES string of the molecule is N#Cc1nn(CC(=O)O)c2cc(Cl)sc12. The Bertz CT molecular complexity index is 580. The maximum atomic E-state index is 10.5. The third-order valence-corrected chi connectivity index (χ3v) is 3.05. The third kappa shape index (κ3) is 1.67. The van der Waals surface area contributed by atoms with Crippen molar-refractivity contribution in [1.82, 2.24) is 9.78 Å². The van der Waals surface area contributed by atoms with Gasteiger partial charge in [-0.15, -0.1) is 11.3 Å². The van der Waals surface area contributed by atoms with Crippen molar-refractivity contribution in [3.63, 3.8) is 0 Å². The molecule has 0 saturated carbocycles. The first-order chi connectivity index (χ1) is 7.11. The fraction of sp³-hybridized carbons (Fsp3) is 0.125. The second-order valence-corrected chi connectivity index (χ2v) is 4.46. The van der Waals surface area contributed by atoms with Crippen LogP contribution in [0.2, 0.25) is 4.34 Å². The van der Waals surface area contributed by atoms with Gasteiger partial charge in [-0.2, -0.15) is 10.4 Å². The average Bonchev–Trinajstić information content (AvgIpc) is 2.64. The van der Waals surface area contributed by atoms with E-state index in [4.69, 9.17) is 22.0 Å². The summed E-state index contributed by atoms with van der Waals surface area (Å²) in [6, 6.07) is 3.51. The van der Waals surface area contributed by atoms with Crippen molar-refractivity contribution >= 4 is 39.1 Å². The first-order valence-electron chi connectivity index (χ1n) is 3.89. The summed E-state index contributed by atoms with van der Waals surface area (Å²) < 4.78 is 2.40. The van der Waals surface area contributed by atoms with E-state index in [1.165, 1.54) is 16.0 Å². The quantitative estimate of drug-likeness (QED) is 0.868. The van der Waals surface area contributed by atoms with E-state index in [0.717, 1.165) is 0 Å². The molecule has 2 aromatic heterocycles. The number of nitriles is 1. The van der Waals surface area contributed by atoms with Gasteiger partial charge in [-0.25, -0.2) is 0 Å². The van der Waals surface area contributed by atoms with E-state index in [2.05, 4.69) is 5.10 Å². The summed E-state index contributed by atoms with van der Waals surface area (Å²) in [6.07, 6.45) is 0. The Hall–Kier alpha value is -1.58. The predicted molar refractivity (Wildman–Crippen MR) is 55.0 cm³/mol. The standard InChI is InChI=1S/C8H4ClN3O2S/c9-6-1-5-8(15-6)4(2-10)11-12(5)3-7(13)14/h1H,3H2,(H,13,14). The predicted octanol–water partition coefficient (Wildman–Crippen LogP) is 1.71. The Morgan fingerprint density at radius 1 is 1.80 bits per heavy atom. The number of carboxylic acid groups (broad SMARTS) is 1. The number of fused-ring (bicyclic) bond motifs is 1. The smallest absolute Gasteiger partial charge is 0.325 e. The van der Waals surface area contributed by atoms with Crippen LogP contribution in [0.5, 0.6) is 0 Å². The molecule has 0 saturated heterocycles. The average molecular weight is 242 g/mol. The minimum Gasteiger partial charge on any atom is -0.480 e. The highest BCUT2D eigenvalue weighted by atomic mass is 35.5. The van der Waals surface area contributed by atoms with Gasteiger partial charge in [0, 0.05) is 0 Å². The molecule has 5 nitrogen and oxygen atoms in total. The van der Waals surface area contributed by atoms with Crippen molar-refractivity contribution in [3.05, 3.63) is 16.1 Å². The van der Waals surface area contributed by atoms with E-state index in [1.807, 2.05) is 6.07 Å². The van der Waals surface area contributed by atoms with Crippen LogP contribution in [0.4, 0.5) is 0 Å². The molecule has 76 valence electrons. The highest BCUT2D eigenvalue weighted by molar-refractivity contribution is 7.22. The Morgan fingerprint density at radius 3 is 3.13 bits per heavy atom. The summed E-state index contributed by atoms with van der Waals surface area (Å²) in [6.45, 7) is -0.273. The van der Waals surface area contributed by atoms with Gasteiger partial charge in [-0.05, 0) is 6.07 Å². The van der Waals surface area contributed by atoms with E-state index >= 15 is 0 Å². The molecule has 7 heteroatoms. The minimum atomic E-state index is -1.01. The normalized spacial score (nSPS) is 10.4. The molecule has 2 aromatic rings. The fourth-order valence-electron chi connectivity index (χ4n) is 1.26. The lowest BCUT2D eigenvalue weighted by Gasteiger charge is -1.95. The molecule has 0 unspecified atom stereocenters. The summed E-state index contributed by atoms with van der Waals surface area (Å²) in [5, 5.41) is 21.3. The lowest BCUT2D eigenvalue weighted by atomic mass is 10.4. The van der Waals surface area contributed by atoms with Crippen LogP contribution >= 0.6 is 22.9 Å². The van der Waals surface area contributed by atoms with Crippen LogP contribution in [-0.4, -0.2) is 20.9 Å². The van der Waals surface area contributed by atoms with Crippen LogP contribution in [0.15, 0.2) is 6.07 Å². The number of hydrogen-bond donors (Lipinski definition) is 1. The van der Waals surface area contributed by atoms with Crippen molar-refractivity contribution in [1.29, 1.82) is 5.26 Å². The molecule has 0 amide bonds. The second kappa shape index (κ2) is 3.53. The molecule has 0 aliphatic carbocycles. The highest BCUT2D eigenvalue weighted by Crippen LogP contribution is 2.31. The van der Waals surface area contributed by atoms with Crippen molar-refractivity contribution in [2.45, 2.75) is 6.54 Å². The molecule has 0 fully saturated rings. The zero-order chi connectivity index (χ0) is 11.0. The molecule has 0 aromatic carbocycles. The van der Waals surface area contributed by atoms with Crippen LogP contribution in [0.25, 0.3) is 10.2 Å². The summed E-state index contributed by atoms with van der Waals surface area (Å²) in [5.41, 5.74) is 0.798. The van der Waals surface area contributed by atoms with Gasteiger partial charge in [0.15, 0.2) is 5.69 Å². The number of rotatable bonds is 2. The highest BCUT2D eigenvalue weighted by Gasteiger charge is 2.15. The largest absolute Gasteiger partial charge is 0.480 e. The number of aliphatic carboxylic acids is 1. The molecule has 0 bridgehead atoms. The van der Waals surface area contributed by atoms with Gasteiger partial charge in [0.05, 0.1) is 14.6 Å².